The largest absolute Gasteiger partial charge is 0.496 e. The van der Waals surface area contributed by atoms with Crippen LogP contribution in [0.2, 0.25) is 0 Å². The molecule has 4 nitrogen and oxygen atoms in total. The van der Waals surface area contributed by atoms with Gasteiger partial charge in [-0.2, -0.15) is 5.26 Å². The van der Waals surface area contributed by atoms with E-state index in [0.29, 0.717) is 11.3 Å². The van der Waals surface area contributed by atoms with Gasteiger partial charge in [-0.3, -0.25) is 0 Å². The molecule has 0 aliphatic carbocycles. The fourth-order valence-electron chi connectivity index (χ4n) is 2.35. The summed E-state index contributed by atoms with van der Waals surface area (Å²) in [6.07, 6.45) is -0.655. The van der Waals surface area contributed by atoms with Gasteiger partial charge in [0.15, 0.2) is 0 Å². The van der Waals surface area contributed by atoms with Crippen molar-refractivity contribution in [2.24, 2.45) is 0 Å². The van der Waals surface area contributed by atoms with Crippen LogP contribution in [0.3, 0.4) is 0 Å². The van der Waals surface area contributed by atoms with Crippen LogP contribution in [-0.4, -0.2) is 19.3 Å². The monoisotopic (exact) mass is 282 g/mol. The number of nitriles is 1. The van der Waals surface area contributed by atoms with Crippen LogP contribution >= 0.6 is 0 Å². The van der Waals surface area contributed by atoms with Gasteiger partial charge in [0.05, 0.1) is 30.5 Å². The quantitative estimate of drug-likeness (QED) is 0.934. The normalized spacial score (nSPS) is 11.6. The lowest BCUT2D eigenvalue weighted by atomic mass is 10.1. The van der Waals surface area contributed by atoms with Crippen LogP contribution in [0.25, 0.3) is 0 Å². The van der Waals surface area contributed by atoms with E-state index in [2.05, 4.69) is 6.07 Å². The van der Waals surface area contributed by atoms with Gasteiger partial charge in [0, 0.05) is 18.3 Å². The summed E-state index contributed by atoms with van der Waals surface area (Å²) in [7, 11) is 3.48. The number of hydrogen-bond donors (Lipinski definition) is 1. The summed E-state index contributed by atoms with van der Waals surface area (Å²) in [5, 5.41) is 19.1. The van der Waals surface area contributed by atoms with Crippen molar-refractivity contribution >= 4 is 11.4 Å². The van der Waals surface area contributed by atoms with Crippen molar-refractivity contribution in [3.8, 4) is 11.8 Å². The SMILES string of the molecule is COc1cccc(N(C)c2cccc(C#N)c2)c1C(C)O. The summed E-state index contributed by atoms with van der Waals surface area (Å²) in [5.74, 6) is 0.644. The third kappa shape index (κ3) is 2.99. The first kappa shape index (κ1) is 14.9. The Hall–Kier alpha value is -2.51. The molecule has 21 heavy (non-hydrogen) atoms. The van der Waals surface area contributed by atoms with Crippen LogP contribution in [0, 0.1) is 11.3 Å². The lowest BCUT2D eigenvalue weighted by Gasteiger charge is -2.25. The van der Waals surface area contributed by atoms with Gasteiger partial charge in [-0.1, -0.05) is 12.1 Å². The maximum atomic E-state index is 10.1. The van der Waals surface area contributed by atoms with Crippen LogP contribution < -0.4 is 9.64 Å². The van der Waals surface area contributed by atoms with E-state index in [1.165, 1.54) is 0 Å². The van der Waals surface area contributed by atoms with Gasteiger partial charge < -0.3 is 14.7 Å². The van der Waals surface area contributed by atoms with Crippen molar-refractivity contribution in [3.05, 3.63) is 53.6 Å². The molecule has 0 fully saturated rings. The van der Waals surface area contributed by atoms with Crippen LogP contribution in [0.15, 0.2) is 42.5 Å². The van der Waals surface area contributed by atoms with E-state index >= 15 is 0 Å². The zero-order valence-electron chi connectivity index (χ0n) is 12.4. The van der Waals surface area contributed by atoms with E-state index in [1.54, 1.807) is 20.1 Å². The first-order valence-electron chi connectivity index (χ1n) is 6.67. The average molecular weight is 282 g/mol. The maximum absolute atomic E-state index is 10.1. The molecular formula is C17H18N2O2. The predicted octanol–water partition coefficient (Wildman–Crippen LogP) is 3.39. The highest BCUT2D eigenvalue weighted by atomic mass is 16.5. The third-order valence-corrected chi connectivity index (χ3v) is 3.40. The molecule has 108 valence electrons. The summed E-state index contributed by atoms with van der Waals surface area (Å²) >= 11 is 0. The number of ether oxygens (including phenoxy) is 1. The molecule has 0 radical (unpaired) electrons. The van der Waals surface area contributed by atoms with Crippen molar-refractivity contribution in [2.45, 2.75) is 13.0 Å². The Kier molecular flexibility index (Phi) is 4.46. The zero-order valence-corrected chi connectivity index (χ0v) is 12.4. The number of nitrogens with zero attached hydrogens (tertiary/aromatic N) is 2. The smallest absolute Gasteiger partial charge is 0.126 e. The Morgan fingerprint density at radius 2 is 1.95 bits per heavy atom. The minimum atomic E-state index is -0.655. The highest BCUT2D eigenvalue weighted by Gasteiger charge is 2.17. The first-order chi connectivity index (χ1) is 10.1. The first-order valence-corrected chi connectivity index (χ1v) is 6.67. The van der Waals surface area contributed by atoms with Gasteiger partial charge >= 0.3 is 0 Å². The van der Waals surface area contributed by atoms with Gasteiger partial charge in [-0.05, 0) is 37.3 Å². The lowest BCUT2D eigenvalue weighted by Crippen LogP contribution is -2.13. The molecule has 2 aromatic carbocycles. The average Bonchev–Trinajstić information content (AvgIpc) is 2.53. The number of methoxy groups -OCH3 is 1. The van der Waals surface area contributed by atoms with Crippen LogP contribution in [0.4, 0.5) is 11.4 Å². The molecule has 0 aliphatic rings. The Morgan fingerprint density at radius 3 is 2.57 bits per heavy atom. The van der Waals surface area contributed by atoms with Gasteiger partial charge in [0.25, 0.3) is 0 Å². The molecule has 0 aromatic heterocycles. The second-order valence-corrected chi connectivity index (χ2v) is 4.79. The van der Waals surface area contributed by atoms with E-state index in [9.17, 15) is 5.11 Å². The molecule has 2 rings (SSSR count). The van der Waals surface area contributed by atoms with E-state index in [4.69, 9.17) is 10.00 Å². The predicted molar refractivity (Wildman–Crippen MR) is 82.8 cm³/mol. The fraction of sp³-hybridized carbons (Fsp3) is 0.235. The van der Waals surface area contributed by atoms with Crippen LogP contribution in [-0.2, 0) is 0 Å². The number of rotatable bonds is 4. The van der Waals surface area contributed by atoms with Crippen molar-refractivity contribution in [1.29, 1.82) is 5.26 Å². The molecule has 0 heterocycles. The van der Waals surface area contributed by atoms with E-state index in [0.717, 1.165) is 16.9 Å². The number of aliphatic hydroxyl groups excluding tert-OH is 1. The molecular weight excluding hydrogens is 264 g/mol. The second-order valence-electron chi connectivity index (χ2n) is 4.79. The molecule has 0 amide bonds. The molecule has 2 aromatic rings. The number of benzene rings is 2. The van der Waals surface area contributed by atoms with Gasteiger partial charge in [0.1, 0.15) is 5.75 Å². The number of aliphatic hydroxyl groups is 1. The van der Waals surface area contributed by atoms with Crippen molar-refractivity contribution in [2.75, 3.05) is 19.1 Å². The molecule has 1 atom stereocenters. The van der Waals surface area contributed by atoms with Crippen molar-refractivity contribution in [3.63, 3.8) is 0 Å². The second kappa shape index (κ2) is 6.29. The lowest BCUT2D eigenvalue weighted by molar-refractivity contribution is 0.195. The van der Waals surface area contributed by atoms with E-state index in [1.807, 2.05) is 48.3 Å². The van der Waals surface area contributed by atoms with Crippen molar-refractivity contribution in [1.82, 2.24) is 0 Å². The van der Waals surface area contributed by atoms with Crippen LogP contribution in [0.5, 0.6) is 5.75 Å². The van der Waals surface area contributed by atoms with Gasteiger partial charge in [0.2, 0.25) is 0 Å². The Morgan fingerprint density at radius 1 is 1.24 bits per heavy atom. The molecule has 4 heteroatoms. The molecule has 0 spiro atoms. The molecule has 0 bridgehead atoms. The molecule has 0 saturated carbocycles. The molecule has 0 aliphatic heterocycles. The number of anilines is 2. The maximum Gasteiger partial charge on any atom is 0.126 e. The third-order valence-electron chi connectivity index (χ3n) is 3.40. The van der Waals surface area contributed by atoms with Crippen LogP contribution in [0.1, 0.15) is 24.2 Å². The summed E-state index contributed by atoms with van der Waals surface area (Å²) in [5.41, 5.74) is 3.05. The standard InChI is InChI=1S/C17H18N2O2/c1-12(20)17-15(8-5-9-16(17)21-3)19(2)14-7-4-6-13(10-14)11-18/h4-10,12,20H,1-3H3. The Balaban J connectivity index is 2.52. The molecule has 0 saturated heterocycles. The Labute approximate surface area is 124 Å². The minimum absolute atomic E-state index is 0.598. The topological polar surface area (TPSA) is 56.5 Å². The Bertz CT molecular complexity index is 675. The summed E-state index contributed by atoms with van der Waals surface area (Å²) < 4.78 is 5.34. The number of hydrogen-bond acceptors (Lipinski definition) is 4. The molecule has 1 N–H and O–H groups in total. The summed E-state index contributed by atoms with van der Waals surface area (Å²) in [6, 6.07) is 15.1. The highest BCUT2D eigenvalue weighted by molar-refractivity contribution is 5.69. The highest BCUT2D eigenvalue weighted by Crippen LogP contribution is 2.37. The van der Waals surface area contributed by atoms with Gasteiger partial charge in [-0.15, -0.1) is 0 Å². The summed E-state index contributed by atoms with van der Waals surface area (Å²) in [6.45, 7) is 1.71. The van der Waals surface area contributed by atoms with E-state index < -0.39 is 6.10 Å². The van der Waals surface area contributed by atoms with Gasteiger partial charge in [-0.25, -0.2) is 0 Å². The van der Waals surface area contributed by atoms with E-state index in [-0.39, 0.29) is 0 Å². The zero-order chi connectivity index (χ0) is 15.4. The summed E-state index contributed by atoms with van der Waals surface area (Å²) in [4.78, 5) is 1.94. The van der Waals surface area contributed by atoms with Crippen molar-refractivity contribution < 1.29 is 9.84 Å². The minimum Gasteiger partial charge on any atom is -0.496 e. The molecule has 1 unspecified atom stereocenters. The fourth-order valence-corrected chi connectivity index (χ4v) is 2.35.